The fourth-order valence-corrected chi connectivity index (χ4v) is 2.32. The van der Waals surface area contributed by atoms with Crippen molar-refractivity contribution in [2.24, 2.45) is 0 Å². The number of H-pyrrole nitrogens is 1. The van der Waals surface area contributed by atoms with Crippen molar-refractivity contribution in [3.05, 3.63) is 41.7 Å². The minimum Gasteiger partial charge on any atom is -0.342 e. The number of aromatic amines is 1. The summed E-state index contributed by atoms with van der Waals surface area (Å²) in [6.45, 7) is 4.28. The Morgan fingerprint density at radius 1 is 1.24 bits per heavy atom. The SMILES string of the molecule is Cc1ccc(-c2ncc(C3CCNC3)[nH]2)cc1. The summed E-state index contributed by atoms with van der Waals surface area (Å²) in [6.07, 6.45) is 3.18. The van der Waals surface area contributed by atoms with Crippen molar-refractivity contribution in [1.29, 1.82) is 0 Å². The zero-order valence-electron chi connectivity index (χ0n) is 10.0. The van der Waals surface area contributed by atoms with Gasteiger partial charge < -0.3 is 10.3 Å². The summed E-state index contributed by atoms with van der Waals surface area (Å²) in [4.78, 5) is 7.92. The average Bonchev–Trinajstić information content (AvgIpc) is 3.00. The monoisotopic (exact) mass is 227 g/mol. The van der Waals surface area contributed by atoms with Crippen molar-refractivity contribution in [1.82, 2.24) is 15.3 Å². The molecule has 3 heteroatoms. The Morgan fingerprint density at radius 2 is 2.06 bits per heavy atom. The first-order chi connectivity index (χ1) is 8.33. The van der Waals surface area contributed by atoms with Gasteiger partial charge in [0, 0.05) is 29.9 Å². The first-order valence-electron chi connectivity index (χ1n) is 6.15. The van der Waals surface area contributed by atoms with Gasteiger partial charge in [0.25, 0.3) is 0 Å². The van der Waals surface area contributed by atoms with Crippen molar-refractivity contribution in [3.8, 4) is 11.4 Å². The van der Waals surface area contributed by atoms with Crippen molar-refractivity contribution >= 4 is 0 Å². The smallest absolute Gasteiger partial charge is 0.137 e. The lowest BCUT2D eigenvalue weighted by molar-refractivity contribution is 0.741. The summed E-state index contributed by atoms with van der Waals surface area (Å²) in [6, 6.07) is 8.47. The van der Waals surface area contributed by atoms with Crippen molar-refractivity contribution in [3.63, 3.8) is 0 Å². The summed E-state index contributed by atoms with van der Waals surface area (Å²) < 4.78 is 0. The Bertz CT molecular complexity index is 492. The van der Waals surface area contributed by atoms with E-state index in [2.05, 4.69) is 46.5 Å². The van der Waals surface area contributed by atoms with Crippen LogP contribution in [-0.2, 0) is 0 Å². The van der Waals surface area contributed by atoms with E-state index in [1.165, 1.54) is 17.7 Å². The molecule has 1 aliphatic heterocycles. The molecule has 3 nitrogen and oxygen atoms in total. The maximum Gasteiger partial charge on any atom is 0.137 e. The van der Waals surface area contributed by atoms with Gasteiger partial charge in [0.1, 0.15) is 5.82 Å². The van der Waals surface area contributed by atoms with Crippen molar-refractivity contribution in [2.75, 3.05) is 13.1 Å². The quantitative estimate of drug-likeness (QED) is 0.827. The highest BCUT2D eigenvalue weighted by molar-refractivity contribution is 5.55. The van der Waals surface area contributed by atoms with Gasteiger partial charge in [0.2, 0.25) is 0 Å². The second-order valence-corrected chi connectivity index (χ2v) is 4.74. The van der Waals surface area contributed by atoms with Gasteiger partial charge in [-0.15, -0.1) is 0 Å². The maximum absolute atomic E-state index is 4.48. The molecule has 1 aromatic heterocycles. The molecule has 1 aliphatic rings. The van der Waals surface area contributed by atoms with E-state index in [1.807, 2.05) is 6.20 Å². The number of nitrogens with one attached hydrogen (secondary N) is 2. The van der Waals surface area contributed by atoms with E-state index in [0.29, 0.717) is 5.92 Å². The Balaban J connectivity index is 1.86. The van der Waals surface area contributed by atoms with E-state index in [1.54, 1.807) is 0 Å². The van der Waals surface area contributed by atoms with E-state index < -0.39 is 0 Å². The molecule has 3 rings (SSSR count). The molecule has 88 valence electrons. The number of aryl methyl sites for hydroxylation is 1. The standard InChI is InChI=1S/C14H17N3/c1-10-2-4-11(5-3-10)14-16-9-13(17-14)12-6-7-15-8-12/h2-5,9,12,15H,6-8H2,1H3,(H,16,17). The Labute approximate surface area is 101 Å². The number of imidazole rings is 1. The lowest BCUT2D eigenvalue weighted by Crippen LogP contribution is -2.08. The summed E-state index contributed by atoms with van der Waals surface area (Å²) in [7, 11) is 0. The fourth-order valence-electron chi connectivity index (χ4n) is 2.32. The molecule has 0 radical (unpaired) electrons. The van der Waals surface area contributed by atoms with Crippen LogP contribution in [0.1, 0.15) is 23.6 Å². The van der Waals surface area contributed by atoms with E-state index >= 15 is 0 Å². The average molecular weight is 227 g/mol. The highest BCUT2D eigenvalue weighted by Crippen LogP contribution is 2.23. The molecular formula is C14H17N3. The molecule has 1 fully saturated rings. The number of hydrogen-bond donors (Lipinski definition) is 2. The Kier molecular flexibility index (Phi) is 2.69. The van der Waals surface area contributed by atoms with Crippen LogP contribution in [0.3, 0.4) is 0 Å². The number of aromatic nitrogens is 2. The van der Waals surface area contributed by atoms with E-state index in [4.69, 9.17) is 0 Å². The lowest BCUT2D eigenvalue weighted by atomic mass is 10.1. The highest BCUT2D eigenvalue weighted by Gasteiger charge is 2.18. The van der Waals surface area contributed by atoms with E-state index in [9.17, 15) is 0 Å². The highest BCUT2D eigenvalue weighted by atomic mass is 15.0. The second kappa shape index (κ2) is 4.34. The van der Waals surface area contributed by atoms with Gasteiger partial charge in [0.15, 0.2) is 0 Å². The Hall–Kier alpha value is -1.61. The molecule has 0 amide bonds. The third-order valence-corrected chi connectivity index (χ3v) is 3.42. The minimum atomic E-state index is 0.599. The molecule has 0 spiro atoms. The molecule has 0 bridgehead atoms. The molecule has 2 N–H and O–H groups in total. The number of benzene rings is 1. The predicted molar refractivity (Wildman–Crippen MR) is 69.0 cm³/mol. The molecule has 1 aromatic carbocycles. The summed E-state index contributed by atoms with van der Waals surface area (Å²) in [5.41, 5.74) is 3.69. The summed E-state index contributed by atoms with van der Waals surface area (Å²) in [5.74, 6) is 1.58. The van der Waals surface area contributed by atoms with Gasteiger partial charge in [-0.25, -0.2) is 4.98 Å². The van der Waals surface area contributed by atoms with E-state index in [0.717, 1.165) is 24.5 Å². The predicted octanol–water partition coefficient (Wildman–Crippen LogP) is 2.46. The largest absolute Gasteiger partial charge is 0.342 e. The maximum atomic E-state index is 4.48. The molecule has 17 heavy (non-hydrogen) atoms. The van der Waals surface area contributed by atoms with Crippen LogP contribution in [0.15, 0.2) is 30.5 Å². The Morgan fingerprint density at radius 3 is 2.76 bits per heavy atom. The van der Waals surface area contributed by atoms with Gasteiger partial charge in [0.05, 0.1) is 0 Å². The van der Waals surface area contributed by atoms with E-state index in [-0.39, 0.29) is 0 Å². The van der Waals surface area contributed by atoms with Crippen LogP contribution in [0, 0.1) is 6.92 Å². The van der Waals surface area contributed by atoms with Crippen LogP contribution in [0.2, 0.25) is 0 Å². The third kappa shape index (κ3) is 2.11. The molecule has 1 saturated heterocycles. The first-order valence-corrected chi connectivity index (χ1v) is 6.15. The third-order valence-electron chi connectivity index (χ3n) is 3.42. The van der Waals surface area contributed by atoms with Crippen LogP contribution < -0.4 is 5.32 Å². The summed E-state index contributed by atoms with van der Waals surface area (Å²) >= 11 is 0. The van der Waals surface area contributed by atoms with Gasteiger partial charge in [-0.2, -0.15) is 0 Å². The fraction of sp³-hybridized carbons (Fsp3) is 0.357. The molecule has 1 atom stereocenters. The number of hydrogen-bond acceptors (Lipinski definition) is 2. The zero-order valence-corrected chi connectivity index (χ0v) is 10.0. The number of rotatable bonds is 2. The molecule has 0 aliphatic carbocycles. The molecule has 2 heterocycles. The van der Waals surface area contributed by atoms with Crippen LogP contribution in [-0.4, -0.2) is 23.1 Å². The van der Waals surface area contributed by atoms with Gasteiger partial charge in [-0.1, -0.05) is 29.8 Å². The van der Waals surface area contributed by atoms with Crippen LogP contribution in [0.5, 0.6) is 0 Å². The second-order valence-electron chi connectivity index (χ2n) is 4.74. The van der Waals surface area contributed by atoms with Crippen LogP contribution in [0.25, 0.3) is 11.4 Å². The summed E-state index contributed by atoms with van der Waals surface area (Å²) in [5, 5.41) is 3.38. The lowest BCUT2D eigenvalue weighted by Gasteiger charge is -2.03. The molecule has 1 unspecified atom stereocenters. The normalized spacial score (nSPS) is 19.7. The van der Waals surface area contributed by atoms with Crippen molar-refractivity contribution < 1.29 is 0 Å². The van der Waals surface area contributed by atoms with Crippen molar-refractivity contribution in [2.45, 2.75) is 19.3 Å². The van der Waals surface area contributed by atoms with Gasteiger partial charge in [-0.3, -0.25) is 0 Å². The van der Waals surface area contributed by atoms with Gasteiger partial charge in [-0.05, 0) is 19.9 Å². The van der Waals surface area contributed by atoms with Crippen LogP contribution >= 0.6 is 0 Å². The minimum absolute atomic E-state index is 0.599. The first kappa shape index (κ1) is 10.5. The van der Waals surface area contributed by atoms with Crippen LogP contribution in [0.4, 0.5) is 0 Å². The topological polar surface area (TPSA) is 40.7 Å². The zero-order chi connectivity index (χ0) is 11.7. The molecule has 2 aromatic rings. The van der Waals surface area contributed by atoms with Gasteiger partial charge >= 0.3 is 0 Å². The number of nitrogens with zero attached hydrogens (tertiary/aromatic N) is 1. The molecule has 0 saturated carbocycles. The molecular weight excluding hydrogens is 210 g/mol.